The second-order valence-corrected chi connectivity index (χ2v) is 10.4. The molecular formula is C25H24FN3O4S. The molecule has 7 nitrogen and oxygen atoms in total. The fourth-order valence-corrected chi connectivity index (χ4v) is 5.20. The molecule has 0 saturated heterocycles. The molecule has 176 valence electrons. The Morgan fingerprint density at radius 2 is 1.65 bits per heavy atom. The maximum absolute atomic E-state index is 13.1. The van der Waals surface area contributed by atoms with E-state index in [-0.39, 0.29) is 11.7 Å². The van der Waals surface area contributed by atoms with Gasteiger partial charge in [0, 0.05) is 12.1 Å². The van der Waals surface area contributed by atoms with E-state index in [4.69, 9.17) is 0 Å². The van der Waals surface area contributed by atoms with Crippen LogP contribution in [0.1, 0.15) is 27.0 Å². The van der Waals surface area contributed by atoms with Crippen molar-refractivity contribution in [3.63, 3.8) is 0 Å². The fraction of sp³-hybridized carbons (Fsp3) is 0.200. The maximum atomic E-state index is 13.1. The molecule has 3 aromatic rings. The summed E-state index contributed by atoms with van der Waals surface area (Å²) in [5, 5.41) is 8.47. The summed E-state index contributed by atoms with van der Waals surface area (Å²) in [6, 6.07) is 16.8. The minimum Gasteiger partial charge on any atom is -0.371 e. The van der Waals surface area contributed by atoms with E-state index in [0.29, 0.717) is 29.0 Å². The molecule has 1 aliphatic rings. The maximum Gasteiger partial charge on any atom is 0.251 e. The number of nitrogens with one attached hydrogen (secondary N) is 3. The van der Waals surface area contributed by atoms with Crippen molar-refractivity contribution >= 4 is 33.0 Å². The number of fused-ring (bicyclic) bond motifs is 1. The lowest BCUT2D eigenvalue weighted by molar-refractivity contribution is -0.116. The smallest absolute Gasteiger partial charge is 0.251 e. The highest BCUT2D eigenvalue weighted by Gasteiger charge is 2.30. The zero-order valence-corrected chi connectivity index (χ0v) is 19.3. The van der Waals surface area contributed by atoms with Crippen LogP contribution in [0.4, 0.5) is 15.8 Å². The Hall–Kier alpha value is -3.72. The standard InChI is InChI=1S/C25H24FN3O4S/c1-16-2-4-17(5-3-16)13-27-24(30)19-8-11-21-22(12-19)29-25(31)23(28-21)15-34(32,33)14-18-6-9-20(26)10-7-18/h2-12,23,28H,13-15H2,1H3,(H,27,30)(H,29,31). The molecule has 0 aliphatic carbocycles. The third-order valence-electron chi connectivity index (χ3n) is 5.48. The van der Waals surface area contributed by atoms with Crippen molar-refractivity contribution in [2.75, 3.05) is 16.4 Å². The normalized spacial score (nSPS) is 15.1. The van der Waals surface area contributed by atoms with Crippen LogP contribution in [0.2, 0.25) is 0 Å². The van der Waals surface area contributed by atoms with E-state index in [0.717, 1.165) is 11.1 Å². The molecule has 0 radical (unpaired) electrons. The third kappa shape index (κ3) is 5.79. The van der Waals surface area contributed by atoms with Crippen LogP contribution in [0.3, 0.4) is 0 Å². The number of sulfone groups is 1. The van der Waals surface area contributed by atoms with Gasteiger partial charge in [0.05, 0.1) is 22.9 Å². The predicted octanol–water partition coefficient (Wildman–Crippen LogP) is 3.41. The highest BCUT2D eigenvalue weighted by Crippen LogP contribution is 2.28. The molecule has 1 atom stereocenters. The van der Waals surface area contributed by atoms with E-state index < -0.39 is 33.4 Å². The highest BCUT2D eigenvalue weighted by atomic mass is 32.2. The Morgan fingerprint density at radius 1 is 0.971 bits per heavy atom. The van der Waals surface area contributed by atoms with Crippen molar-refractivity contribution in [2.45, 2.75) is 25.3 Å². The second-order valence-electron chi connectivity index (χ2n) is 8.30. The molecule has 1 unspecified atom stereocenters. The van der Waals surface area contributed by atoms with E-state index in [2.05, 4.69) is 16.0 Å². The molecule has 0 saturated carbocycles. The van der Waals surface area contributed by atoms with E-state index in [1.54, 1.807) is 18.2 Å². The van der Waals surface area contributed by atoms with Crippen LogP contribution in [0, 0.1) is 12.7 Å². The van der Waals surface area contributed by atoms with Crippen molar-refractivity contribution in [1.82, 2.24) is 5.32 Å². The number of anilines is 2. The van der Waals surface area contributed by atoms with Gasteiger partial charge in [-0.25, -0.2) is 12.8 Å². The van der Waals surface area contributed by atoms with Crippen LogP contribution in [-0.4, -0.2) is 32.0 Å². The molecule has 3 N–H and O–H groups in total. The Morgan fingerprint density at radius 3 is 2.35 bits per heavy atom. The lowest BCUT2D eigenvalue weighted by atomic mass is 10.1. The minimum absolute atomic E-state index is 0.290. The first-order valence-electron chi connectivity index (χ1n) is 10.7. The van der Waals surface area contributed by atoms with E-state index in [9.17, 15) is 22.4 Å². The van der Waals surface area contributed by atoms with Crippen molar-refractivity contribution in [3.05, 3.63) is 94.8 Å². The third-order valence-corrected chi connectivity index (χ3v) is 7.09. The molecule has 0 spiro atoms. The summed E-state index contributed by atoms with van der Waals surface area (Å²) >= 11 is 0. The zero-order chi connectivity index (χ0) is 24.3. The number of hydrogen-bond donors (Lipinski definition) is 3. The quantitative estimate of drug-likeness (QED) is 0.480. The van der Waals surface area contributed by atoms with Crippen LogP contribution in [0.5, 0.6) is 0 Å². The topological polar surface area (TPSA) is 104 Å². The first-order chi connectivity index (χ1) is 16.2. The summed E-state index contributed by atoms with van der Waals surface area (Å²) in [6.45, 7) is 2.36. The van der Waals surface area contributed by atoms with Crippen molar-refractivity contribution in [1.29, 1.82) is 0 Å². The molecular weight excluding hydrogens is 457 g/mol. The van der Waals surface area contributed by atoms with Gasteiger partial charge in [-0.15, -0.1) is 0 Å². The van der Waals surface area contributed by atoms with Gasteiger partial charge >= 0.3 is 0 Å². The zero-order valence-electron chi connectivity index (χ0n) is 18.5. The molecule has 0 fully saturated rings. The molecule has 9 heteroatoms. The summed E-state index contributed by atoms with van der Waals surface area (Å²) in [4.78, 5) is 25.1. The van der Waals surface area contributed by atoms with Gasteiger partial charge in [0.2, 0.25) is 5.91 Å². The summed E-state index contributed by atoms with van der Waals surface area (Å²) in [6.07, 6.45) is 0. The molecule has 34 heavy (non-hydrogen) atoms. The van der Waals surface area contributed by atoms with Crippen LogP contribution in [0.15, 0.2) is 66.7 Å². The predicted molar refractivity (Wildman–Crippen MR) is 129 cm³/mol. The van der Waals surface area contributed by atoms with Gasteiger partial charge in [0.15, 0.2) is 9.84 Å². The van der Waals surface area contributed by atoms with Gasteiger partial charge in [-0.2, -0.15) is 0 Å². The molecule has 0 bridgehead atoms. The number of aryl methyl sites for hydroxylation is 1. The Balaban J connectivity index is 1.40. The average molecular weight is 482 g/mol. The van der Waals surface area contributed by atoms with Gasteiger partial charge in [-0.1, -0.05) is 42.0 Å². The SMILES string of the molecule is Cc1ccc(CNC(=O)c2ccc3c(c2)NC(=O)C(CS(=O)(=O)Cc2ccc(F)cc2)N3)cc1. The Labute approximate surface area is 197 Å². The minimum atomic E-state index is -3.65. The fourth-order valence-electron chi connectivity index (χ4n) is 3.64. The molecule has 2 amide bonds. The van der Waals surface area contributed by atoms with E-state index in [1.165, 1.54) is 24.3 Å². The van der Waals surface area contributed by atoms with Crippen molar-refractivity contribution in [3.8, 4) is 0 Å². The van der Waals surface area contributed by atoms with Crippen LogP contribution in [-0.2, 0) is 26.9 Å². The van der Waals surface area contributed by atoms with E-state index >= 15 is 0 Å². The number of halogens is 1. The summed E-state index contributed by atoms with van der Waals surface area (Å²) in [5.41, 5.74) is 3.85. The van der Waals surface area contributed by atoms with Crippen LogP contribution < -0.4 is 16.0 Å². The molecule has 0 aromatic heterocycles. The highest BCUT2D eigenvalue weighted by molar-refractivity contribution is 7.90. The van der Waals surface area contributed by atoms with Gasteiger partial charge in [-0.3, -0.25) is 9.59 Å². The monoisotopic (exact) mass is 481 g/mol. The van der Waals surface area contributed by atoms with Crippen molar-refractivity contribution < 1.29 is 22.4 Å². The first kappa shape index (κ1) is 23.4. The van der Waals surface area contributed by atoms with Gasteiger partial charge < -0.3 is 16.0 Å². The number of carbonyl (C=O) groups is 2. The molecule has 1 heterocycles. The van der Waals surface area contributed by atoms with Crippen molar-refractivity contribution in [2.24, 2.45) is 0 Å². The van der Waals surface area contributed by atoms with Crippen LogP contribution >= 0.6 is 0 Å². The van der Waals surface area contributed by atoms with E-state index in [1.807, 2.05) is 31.2 Å². The number of rotatable bonds is 7. The van der Waals surface area contributed by atoms with Crippen LogP contribution in [0.25, 0.3) is 0 Å². The lowest BCUT2D eigenvalue weighted by Gasteiger charge is -2.27. The van der Waals surface area contributed by atoms with Gasteiger partial charge in [-0.05, 0) is 48.4 Å². The first-order valence-corrected chi connectivity index (χ1v) is 12.5. The number of benzene rings is 3. The average Bonchev–Trinajstić information content (AvgIpc) is 2.80. The Bertz CT molecular complexity index is 1320. The largest absolute Gasteiger partial charge is 0.371 e. The summed E-state index contributed by atoms with van der Waals surface area (Å²) in [5.74, 6) is -1.97. The lowest BCUT2D eigenvalue weighted by Crippen LogP contribution is -2.43. The summed E-state index contributed by atoms with van der Waals surface area (Å²) < 4.78 is 38.2. The summed E-state index contributed by atoms with van der Waals surface area (Å²) in [7, 11) is -3.65. The molecule has 3 aromatic carbocycles. The molecule has 4 rings (SSSR count). The molecule has 1 aliphatic heterocycles. The van der Waals surface area contributed by atoms with Gasteiger partial charge in [0.1, 0.15) is 11.9 Å². The Kier molecular flexibility index (Phi) is 6.65. The second kappa shape index (κ2) is 9.64. The van der Waals surface area contributed by atoms with Gasteiger partial charge in [0.25, 0.3) is 5.91 Å². The number of carbonyl (C=O) groups excluding carboxylic acids is 2. The number of hydrogen-bond acceptors (Lipinski definition) is 5. The number of amides is 2.